The Labute approximate surface area is 165 Å². The van der Waals surface area contributed by atoms with Crippen LogP contribution in [0.4, 0.5) is 5.69 Å². The van der Waals surface area contributed by atoms with E-state index in [0.717, 1.165) is 16.8 Å². The highest BCUT2D eigenvalue weighted by Gasteiger charge is 2.23. The van der Waals surface area contributed by atoms with Crippen LogP contribution in [0, 0.1) is 13.8 Å². The van der Waals surface area contributed by atoms with E-state index < -0.39 is 5.41 Å². The predicted molar refractivity (Wildman–Crippen MR) is 109 cm³/mol. The van der Waals surface area contributed by atoms with Crippen LogP contribution in [0.1, 0.15) is 37.6 Å². The highest BCUT2D eigenvalue weighted by Crippen LogP contribution is 2.24. The average molecular weight is 404 g/mol. The van der Waals surface area contributed by atoms with Gasteiger partial charge in [0, 0.05) is 11.1 Å². The predicted octanol–water partition coefficient (Wildman–Crippen LogP) is 3.19. The molecule has 2 heterocycles. The number of nitrogens with zero attached hydrogens (tertiary/aromatic N) is 4. The molecule has 142 valence electrons. The van der Waals surface area contributed by atoms with Gasteiger partial charge in [-0.15, -0.1) is 15.3 Å². The van der Waals surface area contributed by atoms with E-state index in [1.54, 1.807) is 0 Å². The molecule has 0 spiro atoms. The van der Waals surface area contributed by atoms with Gasteiger partial charge in [-0.1, -0.05) is 61.6 Å². The van der Waals surface area contributed by atoms with Gasteiger partial charge in [0.2, 0.25) is 10.9 Å². The molecule has 27 heavy (non-hydrogen) atoms. The summed E-state index contributed by atoms with van der Waals surface area (Å²) < 4.78 is 1.87. The van der Waals surface area contributed by atoms with Crippen molar-refractivity contribution in [3.63, 3.8) is 0 Å². The van der Waals surface area contributed by atoms with Gasteiger partial charge in [0.25, 0.3) is 5.56 Å². The van der Waals surface area contributed by atoms with Gasteiger partial charge in [-0.2, -0.15) is 4.52 Å². The van der Waals surface area contributed by atoms with Gasteiger partial charge in [-0.25, -0.2) is 0 Å². The van der Waals surface area contributed by atoms with E-state index in [9.17, 15) is 9.59 Å². The summed E-state index contributed by atoms with van der Waals surface area (Å²) in [6.07, 6.45) is 0. The molecule has 2 aromatic heterocycles. The van der Waals surface area contributed by atoms with Crippen molar-refractivity contribution in [1.82, 2.24) is 19.8 Å². The third kappa shape index (κ3) is 4.36. The van der Waals surface area contributed by atoms with Crippen LogP contribution in [0.2, 0.25) is 0 Å². The SMILES string of the molecule is Cc1ccc(NC(=O)CSc2nn3c(=O)c(C(C)(C)C)nnc3s2)c(C)c1. The zero-order chi connectivity index (χ0) is 19.8. The Morgan fingerprint density at radius 2 is 2.00 bits per heavy atom. The molecule has 1 aromatic carbocycles. The van der Waals surface area contributed by atoms with Crippen LogP contribution in [0.5, 0.6) is 0 Å². The van der Waals surface area contributed by atoms with Gasteiger partial charge in [-0.05, 0) is 25.5 Å². The molecule has 0 aliphatic carbocycles. The van der Waals surface area contributed by atoms with E-state index >= 15 is 0 Å². The number of hydrogen-bond donors (Lipinski definition) is 1. The van der Waals surface area contributed by atoms with Crippen LogP contribution in [0.25, 0.3) is 4.96 Å². The average Bonchev–Trinajstić information content (AvgIpc) is 2.99. The molecule has 1 N–H and O–H groups in total. The Kier molecular flexibility index (Phi) is 5.34. The molecule has 1 amide bonds. The molecule has 0 bridgehead atoms. The van der Waals surface area contributed by atoms with Crippen molar-refractivity contribution in [1.29, 1.82) is 0 Å². The fourth-order valence-corrected chi connectivity index (χ4v) is 4.17. The van der Waals surface area contributed by atoms with Gasteiger partial charge in [0.15, 0.2) is 4.34 Å². The number of carbonyl (C=O) groups excluding carboxylic acids is 1. The maximum absolute atomic E-state index is 12.5. The molecule has 0 fully saturated rings. The van der Waals surface area contributed by atoms with Crippen LogP contribution in [0.15, 0.2) is 27.3 Å². The highest BCUT2D eigenvalue weighted by atomic mass is 32.2. The maximum Gasteiger partial charge on any atom is 0.297 e. The Bertz CT molecular complexity index is 1070. The third-order valence-electron chi connectivity index (χ3n) is 3.87. The van der Waals surface area contributed by atoms with Gasteiger partial charge in [0.1, 0.15) is 5.69 Å². The van der Waals surface area contributed by atoms with Crippen LogP contribution >= 0.6 is 23.1 Å². The molecule has 3 rings (SSSR count). The number of hydrogen-bond acceptors (Lipinski definition) is 7. The van der Waals surface area contributed by atoms with Crippen molar-refractivity contribution in [3.8, 4) is 0 Å². The monoisotopic (exact) mass is 403 g/mol. The van der Waals surface area contributed by atoms with Crippen molar-refractivity contribution in [2.75, 3.05) is 11.1 Å². The van der Waals surface area contributed by atoms with Crippen LogP contribution in [-0.4, -0.2) is 31.5 Å². The molecule has 0 unspecified atom stereocenters. The molecular weight excluding hydrogens is 382 g/mol. The number of aromatic nitrogens is 4. The maximum atomic E-state index is 12.5. The van der Waals surface area contributed by atoms with E-state index in [0.29, 0.717) is 15.0 Å². The van der Waals surface area contributed by atoms with Gasteiger partial charge < -0.3 is 5.32 Å². The first kappa shape index (κ1) is 19.5. The van der Waals surface area contributed by atoms with Crippen LogP contribution in [0.3, 0.4) is 0 Å². The lowest BCUT2D eigenvalue weighted by Crippen LogP contribution is -2.30. The lowest BCUT2D eigenvalue weighted by atomic mass is 9.93. The van der Waals surface area contributed by atoms with E-state index in [4.69, 9.17) is 0 Å². The number of aryl methyl sites for hydroxylation is 2. The lowest BCUT2D eigenvalue weighted by Gasteiger charge is -2.14. The summed E-state index contributed by atoms with van der Waals surface area (Å²) in [6.45, 7) is 9.69. The lowest BCUT2D eigenvalue weighted by molar-refractivity contribution is -0.113. The van der Waals surface area contributed by atoms with Gasteiger partial charge >= 0.3 is 0 Å². The van der Waals surface area contributed by atoms with Crippen molar-refractivity contribution >= 4 is 39.7 Å². The van der Waals surface area contributed by atoms with Crippen molar-refractivity contribution in [2.45, 2.75) is 44.4 Å². The molecule has 0 atom stereocenters. The summed E-state index contributed by atoms with van der Waals surface area (Å²) in [7, 11) is 0. The van der Waals surface area contributed by atoms with Crippen LogP contribution in [-0.2, 0) is 10.2 Å². The molecule has 0 saturated heterocycles. The largest absolute Gasteiger partial charge is 0.325 e. The first-order chi connectivity index (χ1) is 12.6. The number of rotatable bonds is 4. The number of carbonyl (C=O) groups is 1. The minimum atomic E-state index is -0.409. The van der Waals surface area contributed by atoms with E-state index in [2.05, 4.69) is 20.6 Å². The van der Waals surface area contributed by atoms with Gasteiger partial charge in [-0.3, -0.25) is 9.59 Å². The fraction of sp³-hybridized carbons (Fsp3) is 0.389. The summed E-state index contributed by atoms with van der Waals surface area (Å²) >= 11 is 2.52. The molecule has 0 aliphatic rings. The number of amides is 1. The van der Waals surface area contributed by atoms with Crippen LogP contribution < -0.4 is 10.9 Å². The number of nitrogens with one attached hydrogen (secondary N) is 1. The van der Waals surface area contributed by atoms with Crippen molar-refractivity contribution < 1.29 is 4.79 Å². The summed E-state index contributed by atoms with van der Waals surface area (Å²) in [4.78, 5) is 25.2. The summed E-state index contributed by atoms with van der Waals surface area (Å²) in [5.41, 5.74) is 2.66. The minimum Gasteiger partial charge on any atom is -0.325 e. The Balaban J connectivity index is 1.72. The first-order valence-corrected chi connectivity index (χ1v) is 10.2. The molecule has 0 radical (unpaired) electrons. The first-order valence-electron chi connectivity index (χ1n) is 8.42. The number of anilines is 1. The zero-order valence-corrected chi connectivity index (χ0v) is 17.5. The number of thioether (sulfide) groups is 1. The Hall–Kier alpha value is -2.26. The summed E-state index contributed by atoms with van der Waals surface area (Å²) in [5, 5.41) is 15.4. The normalized spacial score (nSPS) is 11.7. The van der Waals surface area contributed by atoms with Crippen molar-refractivity contribution in [3.05, 3.63) is 45.4 Å². The second-order valence-electron chi connectivity index (χ2n) is 7.32. The third-order valence-corrected chi connectivity index (χ3v) is 5.90. The quantitative estimate of drug-likeness (QED) is 0.673. The molecule has 9 heteroatoms. The number of fused-ring (bicyclic) bond motifs is 1. The fourth-order valence-electron chi connectivity index (χ4n) is 2.49. The topological polar surface area (TPSA) is 89.3 Å². The second-order valence-corrected chi connectivity index (χ2v) is 9.50. The zero-order valence-electron chi connectivity index (χ0n) is 15.9. The van der Waals surface area contributed by atoms with Gasteiger partial charge in [0.05, 0.1) is 5.75 Å². The molecule has 0 aliphatic heterocycles. The smallest absolute Gasteiger partial charge is 0.297 e. The minimum absolute atomic E-state index is 0.125. The van der Waals surface area contributed by atoms with E-state index in [1.165, 1.54) is 27.6 Å². The molecular formula is C18H21N5O2S2. The van der Waals surface area contributed by atoms with E-state index in [-0.39, 0.29) is 17.2 Å². The van der Waals surface area contributed by atoms with Crippen molar-refractivity contribution in [2.24, 2.45) is 0 Å². The summed E-state index contributed by atoms with van der Waals surface area (Å²) in [6, 6.07) is 5.88. The molecule has 3 aromatic rings. The Morgan fingerprint density at radius 3 is 2.67 bits per heavy atom. The Morgan fingerprint density at radius 1 is 1.26 bits per heavy atom. The second kappa shape index (κ2) is 7.40. The van der Waals surface area contributed by atoms with E-state index in [1.807, 2.05) is 52.8 Å². The molecule has 0 saturated carbocycles. The summed E-state index contributed by atoms with van der Waals surface area (Å²) in [5.74, 6) is 0.0709. The highest BCUT2D eigenvalue weighted by molar-refractivity contribution is 8.01. The molecule has 7 nitrogen and oxygen atoms in total. The number of benzene rings is 1. The standard InChI is InChI=1S/C18H21N5O2S2/c1-10-6-7-12(11(2)8-10)19-13(24)9-26-17-22-23-15(25)14(18(3,4)5)20-21-16(23)27-17/h6-8H,9H2,1-5H3,(H,19,24).